The fourth-order valence-electron chi connectivity index (χ4n) is 3.26. The van der Waals surface area contributed by atoms with E-state index in [1.807, 2.05) is 0 Å². The van der Waals surface area contributed by atoms with Gasteiger partial charge in [-0.05, 0) is 55.2 Å². The molecule has 0 unspecified atom stereocenters. The van der Waals surface area contributed by atoms with Crippen molar-refractivity contribution in [2.75, 3.05) is 23.7 Å². The number of sulfonamides is 1. The molecule has 0 radical (unpaired) electrons. The number of aryl methyl sites for hydroxylation is 1. The van der Waals surface area contributed by atoms with Gasteiger partial charge in [-0.25, -0.2) is 8.42 Å². The summed E-state index contributed by atoms with van der Waals surface area (Å²) in [6, 6.07) is 13.7. The average Bonchev–Trinajstić information content (AvgIpc) is 3.22. The van der Waals surface area contributed by atoms with Gasteiger partial charge in [0.25, 0.3) is 0 Å². The first-order valence-corrected chi connectivity index (χ1v) is 11.1. The van der Waals surface area contributed by atoms with Gasteiger partial charge in [-0.15, -0.1) is 0 Å². The van der Waals surface area contributed by atoms with Gasteiger partial charge in [0.1, 0.15) is 0 Å². The summed E-state index contributed by atoms with van der Waals surface area (Å²) in [5.74, 6) is -0.331. The molecule has 0 bridgehead atoms. The van der Waals surface area contributed by atoms with Gasteiger partial charge in [0.05, 0.1) is 4.90 Å². The van der Waals surface area contributed by atoms with Crippen LogP contribution in [0.2, 0.25) is 0 Å². The minimum Gasteiger partial charge on any atom is -0.326 e. The van der Waals surface area contributed by atoms with Gasteiger partial charge < -0.3 is 10.6 Å². The van der Waals surface area contributed by atoms with Gasteiger partial charge in [-0.3, -0.25) is 9.59 Å². The molecular formula is C21H25N3O4S. The van der Waals surface area contributed by atoms with Gasteiger partial charge in [-0.1, -0.05) is 18.2 Å². The fourth-order valence-corrected chi connectivity index (χ4v) is 4.78. The molecule has 1 heterocycles. The Hall–Kier alpha value is -2.71. The van der Waals surface area contributed by atoms with Crippen LogP contribution in [0.1, 0.15) is 31.7 Å². The van der Waals surface area contributed by atoms with Crippen LogP contribution < -0.4 is 10.6 Å². The Morgan fingerprint density at radius 1 is 0.966 bits per heavy atom. The van der Waals surface area contributed by atoms with Crippen molar-refractivity contribution < 1.29 is 18.0 Å². The molecule has 2 amide bonds. The number of amides is 2. The van der Waals surface area contributed by atoms with Crippen LogP contribution in [0, 0.1) is 0 Å². The molecule has 3 rings (SSSR count). The SMILES string of the molecule is CC(=O)Nc1cccc(NC(=O)CCc2ccc(S(=O)(=O)N3CCCC3)cc2)c1. The Bertz CT molecular complexity index is 981. The molecule has 7 nitrogen and oxygen atoms in total. The van der Waals surface area contributed by atoms with Crippen molar-refractivity contribution in [3.63, 3.8) is 0 Å². The lowest BCUT2D eigenvalue weighted by atomic mass is 10.1. The number of benzene rings is 2. The lowest BCUT2D eigenvalue weighted by Crippen LogP contribution is -2.27. The van der Waals surface area contributed by atoms with E-state index >= 15 is 0 Å². The van der Waals surface area contributed by atoms with Crippen LogP contribution in [0.4, 0.5) is 11.4 Å². The smallest absolute Gasteiger partial charge is 0.243 e. The van der Waals surface area contributed by atoms with Crippen molar-refractivity contribution in [2.45, 2.75) is 37.5 Å². The zero-order valence-electron chi connectivity index (χ0n) is 16.3. The molecule has 2 aromatic rings. The maximum absolute atomic E-state index is 12.5. The van der Waals surface area contributed by atoms with Crippen molar-refractivity contribution in [3.8, 4) is 0 Å². The number of anilines is 2. The fraction of sp³-hybridized carbons (Fsp3) is 0.333. The molecule has 0 saturated carbocycles. The molecule has 1 aliphatic heterocycles. The second kappa shape index (κ2) is 9.19. The van der Waals surface area contributed by atoms with Gasteiger partial charge in [0.15, 0.2) is 0 Å². The highest BCUT2D eigenvalue weighted by Crippen LogP contribution is 2.21. The summed E-state index contributed by atoms with van der Waals surface area (Å²) in [4.78, 5) is 23.6. The van der Waals surface area contributed by atoms with Crippen LogP contribution in [0.15, 0.2) is 53.4 Å². The lowest BCUT2D eigenvalue weighted by molar-refractivity contribution is -0.116. The highest BCUT2D eigenvalue weighted by molar-refractivity contribution is 7.89. The Balaban J connectivity index is 1.55. The largest absolute Gasteiger partial charge is 0.326 e. The van der Waals surface area contributed by atoms with Crippen LogP contribution in [0.5, 0.6) is 0 Å². The molecule has 0 aliphatic carbocycles. The standard InChI is InChI=1S/C21H25N3O4S/c1-16(25)22-18-5-4-6-19(15-18)23-21(26)12-9-17-7-10-20(11-8-17)29(27,28)24-13-2-3-14-24/h4-8,10-11,15H,2-3,9,12-14H2,1H3,(H,22,25)(H,23,26). The molecule has 154 valence electrons. The highest BCUT2D eigenvalue weighted by Gasteiger charge is 2.26. The van der Waals surface area contributed by atoms with Gasteiger partial charge >= 0.3 is 0 Å². The van der Waals surface area contributed by atoms with E-state index in [0.29, 0.717) is 35.8 Å². The van der Waals surface area contributed by atoms with E-state index in [4.69, 9.17) is 0 Å². The zero-order valence-corrected chi connectivity index (χ0v) is 17.2. The van der Waals surface area contributed by atoms with E-state index in [2.05, 4.69) is 10.6 Å². The topological polar surface area (TPSA) is 95.6 Å². The first-order chi connectivity index (χ1) is 13.8. The van der Waals surface area contributed by atoms with Crippen molar-refractivity contribution in [3.05, 3.63) is 54.1 Å². The summed E-state index contributed by atoms with van der Waals surface area (Å²) < 4.78 is 26.6. The predicted molar refractivity (Wildman–Crippen MR) is 112 cm³/mol. The Morgan fingerprint density at radius 2 is 1.59 bits per heavy atom. The molecule has 2 aromatic carbocycles. The van der Waals surface area contributed by atoms with Gasteiger partial charge in [-0.2, -0.15) is 4.31 Å². The average molecular weight is 416 g/mol. The number of hydrogen-bond donors (Lipinski definition) is 2. The van der Waals surface area contributed by atoms with E-state index in [1.165, 1.54) is 11.2 Å². The number of rotatable bonds is 7. The summed E-state index contributed by atoms with van der Waals surface area (Å²) in [5.41, 5.74) is 2.12. The van der Waals surface area contributed by atoms with Crippen molar-refractivity contribution in [1.29, 1.82) is 0 Å². The molecule has 0 atom stereocenters. The number of carbonyl (C=O) groups excluding carboxylic acids is 2. The van der Waals surface area contributed by atoms with E-state index in [-0.39, 0.29) is 18.2 Å². The molecule has 1 fully saturated rings. The van der Waals surface area contributed by atoms with E-state index < -0.39 is 10.0 Å². The lowest BCUT2D eigenvalue weighted by Gasteiger charge is -2.15. The molecule has 29 heavy (non-hydrogen) atoms. The molecule has 1 aliphatic rings. The van der Waals surface area contributed by atoms with Crippen LogP contribution in [-0.2, 0) is 26.0 Å². The summed E-state index contributed by atoms with van der Waals surface area (Å²) in [5, 5.41) is 5.48. The zero-order chi connectivity index (χ0) is 20.9. The molecule has 1 saturated heterocycles. The van der Waals surface area contributed by atoms with E-state index in [9.17, 15) is 18.0 Å². The number of carbonyl (C=O) groups is 2. The highest BCUT2D eigenvalue weighted by atomic mass is 32.2. The minimum atomic E-state index is -3.42. The predicted octanol–water partition coefficient (Wildman–Crippen LogP) is 3.00. The first-order valence-electron chi connectivity index (χ1n) is 9.61. The first kappa shape index (κ1) is 21.0. The number of nitrogens with zero attached hydrogens (tertiary/aromatic N) is 1. The summed E-state index contributed by atoms with van der Waals surface area (Å²) in [6.45, 7) is 2.58. The monoisotopic (exact) mass is 415 g/mol. The Kier molecular flexibility index (Phi) is 6.66. The maximum Gasteiger partial charge on any atom is 0.243 e. The summed E-state index contributed by atoms with van der Waals surface area (Å²) in [7, 11) is -3.42. The number of nitrogens with one attached hydrogen (secondary N) is 2. The Morgan fingerprint density at radius 3 is 2.21 bits per heavy atom. The normalized spacial score (nSPS) is 14.5. The Labute approximate surface area is 171 Å². The van der Waals surface area contributed by atoms with Crippen molar-refractivity contribution >= 4 is 33.2 Å². The molecule has 2 N–H and O–H groups in total. The summed E-state index contributed by atoms with van der Waals surface area (Å²) >= 11 is 0. The molecule has 0 aromatic heterocycles. The molecular weight excluding hydrogens is 390 g/mol. The van der Waals surface area contributed by atoms with Gasteiger partial charge in [0, 0.05) is 37.8 Å². The third-order valence-electron chi connectivity index (χ3n) is 4.73. The molecule has 0 spiro atoms. The summed E-state index contributed by atoms with van der Waals surface area (Å²) in [6.07, 6.45) is 2.57. The van der Waals surface area contributed by atoms with Crippen molar-refractivity contribution in [2.24, 2.45) is 0 Å². The molecule has 8 heteroatoms. The quantitative estimate of drug-likeness (QED) is 0.727. The minimum absolute atomic E-state index is 0.154. The van der Waals surface area contributed by atoms with Gasteiger partial charge in [0.2, 0.25) is 21.8 Å². The van der Waals surface area contributed by atoms with Crippen LogP contribution in [0.25, 0.3) is 0 Å². The number of hydrogen-bond acceptors (Lipinski definition) is 4. The maximum atomic E-state index is 12.5. The van der Waals surface area contributed by atoms with E-state index in [0.717, 1.165) is 18.4 Å². The van der Waals surface area contributed by atoms with Crippen LogP contribution in [0.3, 0.4) is 0 Å². The second-order valence-electron chi connectivity index (χ2n) is 7.07. The van der Waals surface area contributed by atoms with E-state index in [1.54, 1.807) is 48.5 Å². The van der Waals surface area contributed by atoms with Crippen LogP contribution in [-0.4, -0.2) is 37.6 Å². The van der Waals surface area contributed by atoms with Crippen LogP contribution >= 0.6 is 0 Å². The third-order valence-corrected chi connectivity index (χ3v) is 6.65. The van der Waals surface area contributed by atoms with Crippen molar-refractivity contribution in [1.82, 2.24) is 4.31 Å². The third kappa shape index (κ3) is 5.65. The second-order valence-corrected chi connectivity index (χ2v) is 9.00.